The van der Waals surface area contributed by atoms with Crippen molar-refractivity contribution in [3.8, 4) is 0 Å². The van der Waals surface area contributed by atoms with Crippen LogP contribution in [0.5, 0.6) is 0 Å². The van der Waals surface area contributed by atoms with E-state index in [1.165, 1.54) is 0 Å². The first-order valence-corrected chi connectivity index (χ1v) is 4.60. The Balaban J connectivity index is 2.46. The maximum atomic E-state index is 11.0. The predicted octanol–water partition coefficient (Wildman–Crippen LogP) is 1.81. The van der Waals surface area contributed by atoms with Crippen LogP contribution in [0.4, 0.5) is 0 Å². The fourth-order valence-corrected chi connectivity index (χ4v) is 1.74. The molecule has 14 heavy (non-hydrogen) atoms. The van der Waals surface area contributed by atoms with Crippen LogP contribution < -0.4 is 0 Å². The fraction of sp³-hybridized carbons (Fsp3) is 0.364. The SMILES string of the molecule is Cc1cccc(C2COC2)c1C(=O)O. The molecule has 1 fully saturated rings. The maximum Gasteiger partial charge on any atom is 0.336 e. The summed E-state index contributed by atoms with van der Waals surface area (Å²) in [7, 11) is 0. The van der Waals surface area contributed by atoms with E-state index in [0.717, 1.165) is 11.1 Å². The van der Waals surface area contributed by atoms with E-state index in [1.54, 1.807) is 0 Å². The first-order valence-electron chi connectivity index (χ1n) is 4.60. The average molecular weight is 192 g/mol. The molecule has 3 heteroatoms. The number of carbonyl (C=O) groups is 1. The molecule has 2 rings (SSSR count). The third-order valence-corrected chi connectivity index (χ3v) is 2.60. The molecule has 1 aliphatic rings. The van der Waals surface area contributed by atoms with E-state index in [1.807, 2.05) is 25.1 Å². The molecule has 0 bridgehead atoms. The van der Waals surface area contributed by atoms with E-state index in [9.17, 15) is 4.79 Å². The van der Waals surface area contributed by atoms with Crippen LogP contribution in [-0.2, 0) is 4.74 Å². The lowest BCUT2D eigenvalue weighted by atomic mass is 9.90. The van der Waals surface area contributed by atoms with E-state index < -0.39 is 5.97 Å². The quantitative estimate of drug-likeness (QED) is 0.777. The van der Waals surface area contributed by atoms with Crippen LogP contribution in [0.2, 0.25) is 0 Å². The number of hydrogen-bond acceptors (Lipinski definition) is 2. The molecule has 0 amide bonds. The fourth-order valence-electron chi connectivity index (χ4n) is 1.74. The topological polar surface area (TPSA) is 46.5 Å². The molecule has 3 nitrogen and oxygen atoms in total. The highest BCUT2D eigenvalue weighted by atomic mass is 16.5. The van der Waals surface area contributed by atoms with Gasteiger partial charge in [0.15, 0.2) is 0 Å². The molecule has 1 aromatic rings. The van der Waals surface area contributed by atoms with E-state index in [2.05, 4.69) is 0 Å². The average Bonchev–Trinajstić information content (AvgIpc) is 1.99. The number of ether oxygens (including phenoxy) is 1. The molecule has 0 unspecified atom stereocenters. The van der Waals surface area contributed by atoms with Gasteiger partial charge in [0.1, 0.15) is 0 Å². The van der Waals surface area contributed by atoms with E-state index in [0.29, 0.717) is 18.8 Å². The summed E-state index contributed by atoms with van der Waals surface area (Å²) in [6.07, 6.45) is 0. The standard InChI is InChI=1S/C11H12O3/c1-7-3-2-4-9(8-5-14-6-8)10(7)11(12)13/h2-4,8H,5-6H2,1H3,(H,12,13). The number of carboxylic acids is 1. The van der Waals surface area contributed by atoms with Crippen molar-refractivity contribution in [2.75, 3.05) is 13.2 Å². The highest BCUT2D eigenvalue weighted by molar-refractivity contribution is 5.91. The van der Waals surface area contributed by atoms with Gasteiger partial charge < -0.3 is 9.84 Å². The Hall–Kier alpha value is -1.35. The molecule has 1 aliphatic heterocycles. The lowest BCUT2D eigenvalue weighted by molar-refractivity contribution is 0.00785. The van der Waals surface area contributed by atoms with Crippen molar-refractivity contribution in [2.45, 2.75) is 12.8 Å². The minimum Gasteiger partial charge on any atom is -0.478 e. The molecule has 0 radical (unpaired) electrons. The van der Waals surface area contributed by atoms with Crippen molar-refractivity contribution in [3.63, 3.8) is 0 Å². The highest BCUT2D eigenvalue weighted by Crippen LogP contribution is 2.28. The first kappa shape index (κ1) is 9.21. The predicted molar refractivity (Wildman–Crippen MR) is 51.7 cm³/mol. The van der Waals surface area contributed by atoms with Gasteiger partial charge in [-0.15, -0.1) is 0 Å². The van der Waals surface area contributed by atoms with Gasteiger partial charge in [0.25, 0.3) is 0 Å². The molecule has 1 aromatic carbocycles. The van der Waals surface area contributed by atoms with Crippen LogP contribution in [0, 0.1) is 6.92 Å². The summed E-state index contributed by atoms with van der Waals surface area (Å²) in [5, 5.41) is 9.07. The van der Waals surface area contributed by atoms with Gasteiger partial charge in [0, 0.05) is 5.92 Å². The summed E-state index contributed by atoms with van der Waals surface area (Å²) in [5.74, 6) is -0.578. The zero-order valence-corrected chi connectivity index (χ0v) is 7.99. The molecule has 0 spiro atoms. The normalized spacial score (nSPS) is 16.4. The number of hydrogen-bond donors (Lipinski definition) is 1. The zero-order valence-electron chi connectivity index (χ0n) is 7.99. The summed E-state index contributed by atoms with van der Waals surface area (Å²) in [4.78, 5) is 11.0. The second-order valence-corrected chi connectivity index (χ2v) is 3.58. The molecule has 1 N–H and O–H groups in total. The molecule has 74 valence electrons. The molecular formula is C11H12O3. The minimum atomic E-state index is -0.843. The van der Waals surface area contributed by atoms with Gasteiger partial charge in [-0.1, -0.05) is 18.2 Å². The van der Waals surface area contributed by atoms with Crippen LogP contribution >= 0.6 is 0 Å². The Morgan fingerprint density at radius 2 is 2.21 bits per heavy atom. The van der Waals surface area contributed by atoms with Gasteiger partial charge in [-0.25, -0.2) is 4.79 Å². The maximum absolute atomic E-state index is 11.0. The van der Waals surface area contributed by atoms with Gasteiger partial charge >= 0.3 is 5.97 Å². The Kier molecular flexibility index (Phi) is 2.25. The minimum absolute atomic E-state index is 0.265. The molecule has 0 atom stereocenters. The van der Waals surface area contributed by atoms with Crippen molar-refractivity contribution in [3.05, 3.63) is 34.9 Å². The third-order valence-electron chi connectivity index (χ3n) is 2.60. The molecule has 0 aromatic heterocycles. The van der Waals surface area contributed by atoms with Gasteiger partial charge in [-0.05, 0) is 18.1 Å². The van der Waals surface area contributed by atoms with Crippen molar-refractivity contribution in [1.29, 1.82) is 0 Å². The first-order chi connectivity index (χ1) is 6.70. The van der Waals surface area contributed by atoms with Crippen LogP contribution in [0.15, 0.2) is 18.2 Å². The zero-order chi connectivity index (χ0) is 10.1. The van der Waals surface area contributed by atoms with Crippen molar-refractivity contribution >= 4 is 5.97 Å². The van der Waals surface area contributed by atoms with E-state index in [-0.39, 0.29) is 5.92 Å². The van der Waals surface area contributed by atoms with E-state index in [4.69, 9.17) is 9.84 Å². The molecule has 0 saturated carbocycles. The van der Waals surface area contributed by atoms with Crippen LogP contribution in [0.1, 0.15) is 27.4 Å². The molecule has 0 aliphatic carbocycles. The largest absolute Gasteiger partial charge is 0.478 e. The van der Waals surface area contributed by atoms with Crippen LogP contribution in [0.25, 0.3) is 0 Å². The Bertz CT molecular complexity index is 367. The summed E-state index contributed by atoms with van der Waals surface area (Å²) in [6.45, 7) is 3.11. The number of aryl methyl sites for hydroxylation is 1. The second-order valence-electron chi connectivity index (χ2n) is 3.58. The Labute approximate surface area is 82.3 Å². The van der Waals surface area contributed by atoms with Crippen molar-refractivity contribution < 1.29 is 14.6 Å². The Morgan fingerprint density at radius 1 is 1.50 bits per heavy atom. The van der Waals surface area contributed by atoms with Crippen LogP contribution in [-0.4, -0.2) is 24.3 Å². The van der Waals surface area contributed by atoms with Gasteiger partial charge in [0.05, 0.1) is 18.8 Å². The Morgan fingerprint density at radius 3 is 2.71 bits per heavy atom. The van der Waals surface area contributed by atoms with Gasteiger partial charge in [-0.2, -0.15) is 0 Å². The van der Waals surface area contributed by atoms with Gasteiger partial charge in [-0.3, -0.25) is 0 Å². The highest BCUT2D eigenvalue weighted by Gasteiger charge is 2.26. The number of rotatable bonds is 2. The smallest absolute Gasteiger partial charge is 0.336 e. The summed E-state index contributed by atoms with van der Waals surface area (Å²) < 4.78 is 5.07. The summed E-state index contributed by atoms with van der Waals surface area (Å²) >= 11 is 0. The number of aromatic carboxylic acids is 1. The van der Waals surface area contributed by atoms with Gasteiger partial charge in [0.2, 0.25) is 0 Å². The van der Waals surface area contributed by atoms with Crippen molar-refractivity contribution in [2.24, 2.45) is 0 Å². The lowest BCUT2D eigenvalue weighted by Crippen LogP contribution is -2.27. The third kappa shape index (κ3) is 1.40. The van der Waals surface area contributed by atoms with Crippen LogP contribution in [0.3, 0.4) is 0 Å². The number of benzene rings is 1. The summed E-state index contributed by atoms with van der Waals surface area (Å²) in [6, 6.07) is 5.60. The van der Waals surface area contributed by atoms with E-state index >= 15 is 0 Å². The summed E-state index contributed by atoms with van der Waals surface area (Å²) in [5.41, 5.74) is 2.17. The molecular weight excluding hydrogens is 180 g/mol. The van der Waals surface area contributed by atoms with Crippen molar-refractivity contribution in [1.82, 2.24) is 0 Å². The number of carboxylic acid groups (broad SMARTS) is 1. The molecule has 1 heterocycles. The lowest BCUT2D eigenvalue weighted by Gasteiger charge is -2.27. The second kappa shape index (κ2) is 3.42. The monoisotopic (exact) mass is 192 g/mol. The molecule has 1 saturated heterocycles.